The molecule has 0 spiro atoms. The van der Waals surface area contributed by atoms with Crippen LogP contribution in [-0.2, 0) is 4.79 Å². The van der Waals surface area contributed by atoms with E-state index in [0.29, 0.717) is 0 Å². The van der Waals surface area contributed by atoms with Gasteiger partial charge in [0, 0.05) is 11.8 Å². The van der Waals surface area contributed by atoms with Gasteiger partial charge in [-0.05, 0) is 18.2 Å². The number of nitrogens with one attached hydrogen (secondary N) is 1. The molecule has 2 heterocycles. The maximum Gasteiger partial charge on any atom is 0.416 e. The average Bonchev–Trinajstić information content (AvgIpc) is 2.47. The molecule has 1 aromatic rings. The number of fused-ring (bicyclic) bond motifs is 1. The third-order valence-corrected chi connectivity index (χ3v) is 3.84. The van der Waals surface area contributed by atoms with Gasteiger partial charge in [0.15, 0.2) is 5.50 Å². The lowest BCUT2D eigenvalue weighted by Crippen LogP contribution is -2.47. The molecule has 1 aromatic carbocycles. The molecule has 0 bridgehead atoms. The lowest BCUT2D eigenvalue weighted by atomic mass is 9.97. The molecule has 0 radical (unpaired) electrons. The molecule has 120 valence electrons. The Kier molecular flexibility index (Phi) is 3.71. The molecular weight excluding hydrogens is 332 g/mol. The van der Waals surface area contributed by atoms with Gasteiger partial charge in [-0.25, -0.2) is 4.39 Å². The molecule has 3 rings (SSSR count). The third-order valence-electron chi connectivity index (χ3n) is 3.46. The van der Waals surface area contributed by atoms with Crippen molar-refractivity contribution in [2.45, 2.75) is 11.7 Å². The smallest absolute Gasteiger partial charge is 0.323 e. The summed E-state index contributed by atoms with van der Waals surface area (Å²) in [7, 11) is 0. The number of rotatable bonds is 1. The van der Waals surface area contributed by atoms with Gasteiger partial charge < -0.3 is 10.2 Å². The molecule has 1 atom stereocenters. The quantitative estimate of drug-likeness (QED) is 0.607. The van der Waals surface area contributed by atoms with Crippen LogP contribution >= 0.6 is 12.6 Å². The number of carbonyl (C=O) groups excluding carboxylic acids is 1. The minimum absolute atomic E-state index is 0.0475. The summed E-state index contributed by atoms with van der Waals surface area (Å²) in [6.07, 6.45) is -1.71. The first-order chi connectivity index (χ1) is 10.8. The molecule has 1 amide bonds. The number of benzene rings is 1. The Morgan fingerprint density at radius 3 is 2.57 bits per heavy atom. The molecule has 23 heavy (non-hydrogen) atoms. The minimum atomic E-state index is -4.57. The Morgan fingerprint density at radius 1 is 1.22 bits per heavy atom. The summed E-state index contributed by atoms with van der Waals surface area (Å²) < 4.78 is 52.9. The molecule has 0 saturated heterocycles. The van der Waals surface area contributed by atoms with Crippen molar-refractivity contribution in [2.75, 3.05) is 0 Å². The van der Waals surface area contributed by atoms with E-state index in [9.17, 15) is 22.4 Å². The largest absolute Gasteiger partial charge is 0.416 e. The topological polar surface area (TPSA) is 32.3 Å². The Morgan fingerprint density at radius 2 is 1.91 bits per heavy atom. The standard InChI is InChI=1S/C15H10F4N2OS/c16-10-4-2-1-3-9(10)12-11-7-8(15(17,18)19)5-6-21(11)14(23)20-13(12)22/h1-7,14,23H,(H,20,22). The first-order valence-corrected chi connectivity index (χ1v) is 7.04. The van der Waals surface area contributed by atoms with Gasteiger partial charge in [-0.1, -0.05) is 18.2 Å². The minimum Gasteiger partial charge on any atom is -0.323 e. The van der Waals surface area contributed by atoms with Gasteiger partial charge in [0.1, 0.15) is 5.82 Å². The molecular formula is C15H10F4N2OS. The molecule has 2 aliphatic heterocycles. The number of nitrogens with zero attached hydrogens (tertiary/aromatic N) is 1. The van der Waals surface area contributed by atoms with E-state index in [4.69, 9.17) is 0 Å². The molecule has 8 heteroatoms. The lowest BCUT2D eigenvalue weighted by Gasteiger charge is -2.37. The van der Waals surface area contributed by atoms with Crippen LogP contribution in [0, 0.1) is 5.82 Å². The fourth-order valence-corrected chi connectivity index (χ4v) is 2.72. The van der Waals surface area contributed by atoms with Crippen molar-refractivity contribution in [3.8, 4) is 0 Å². The normalized spacial score (nSPS) is 21.1. The van der Waals surface area contributed by atoms with Gasteiger partial charge in [-0.15, -0.1) is 12.6 Å². The number of hydrogen-bond donors (Lipinski definition) is 2. The fraction of sp³-hybridized carbons (Fsp3) is 0.133. The highest BCUT2D eigenvalue weighted by atomic mass is 32.1. The molecule has 0 fully saturated rings. The van der Waals surface area contributed by atoms with Crippen molar-refractivity contribution in [1.82, 2.24) is 10.2 Å². The first-order valence-electron chi connectivity index (χ1n) is 6.52. The summed E-state index contributed by atoms with van der Waals surface area (Å²) in [5.41, 5.74) is -2.05. The lowest BCUT2D eigenvalue weighted by molar-refractivity contribution is -0.117. The van der Waals surface area contributed by atoms with Crippen molar-refractivity contribution < 1.29 is 22.4 Å². The molecule has 1 N–H and O–H groups in total. The van der Waals surface area contributed by atoms with Crippen LogP contribution in [0.3, 0.4) is 0 Å². The van der Waals surface area contributed by atoms with Gasteiger partial charge in [0.2, 0.25) is 0 Å². The zero-order valence-electron chi connectivity index (χ0n) is 11.4. The molecule has 3 nitrogen and oxygen atoms in total. The van der Waals surface area contributed by atoms with E-state index in [1.807, 2.05) is 0 Å². The Hall–Kier alpha value is -2.22. The van der Waals surface area contributed by atoms with Gasteiger partial charge in [-0.2, -0.15) is 13.2 Å². The van der Waals surface area contributed by atoms with Crippen molar-refractivity contribution in [3.63, 3.8) is 0 Å². The van der Waals surface area contributed by atoms with Crippen molar-refractivity contribution in [3.05, 3.63) is 65.3 Å². The summed E-state index contributed by atoms with van der Waals surface area (Å²) in [6.45, 7) is 0. The summed E-state index contributed by atoms with van der Waals surface area (Å²) in [5.74, 6) is -1.38. The highest BCUT2D eigenvalue weighted by Crippen LogP contribution is 2.37. The van der Waals surface area contributed by atoms with Crippen molar-refractivity contribution in [1.29, 1.82) is 0 Å². The SMILES string of the molecule is O=C1NC(S)N2C=CC(C(F)(F)F)=CC2=C1c1ccccc1F. The van der Waals surface area contributed by atoms with E-state index in [1.165, 1.54) is 23.1 Å². The molecule has 0 saturated carbocycles. The van der Waals surface area contributed by atoms with Gasteiger partial charge in [0.25, 0.3) is 5.91 Å². The average molecular weight is 342 g/mol. The number of alkyl halides is 3. The van der Waals surface area contributed by atoms with E-state index in [1.54, 1.807) is 0 Å². The van der Waals surface area contributed by atoms with E-state index in [-0.39, 0.29) is 16.8 Å². The monoisotopic (exact) mass is 342 g/mol. The first kappa shape index (κ1) is 15.7. The predicted molar refractivity (Wildman–Crippen MR) is 79.4 cm³/mol. The highest BCUT2D eigenvalue weighted by Gasteiger charge is 2.38. The number of thiol groups is 1. The second-order valence-electron chi connectivity index (χ2n) is 4.91. The predicted octanol–water partition coefficient (Wildman–Crippen LogP) is 3.20. The van der Waals surface area contributed by atoms with Crippen LogP contribution in [0.15, 0.2) is 53.9 Å². The molecule has 0 aromatic heterocycles. The van der Waals surface area contributed by atoms with E-state index < -0.39 is 29.0 Å². The Balaban J connectivity index is 2.24. The van der Waals surface area contributed by atoms with Crippen LogP contribution in [0.25, 0.3) is 5.57 Å². The third kappa shape index (κ3) is 2.74. The van der Waals surface area contributed by atoms with E-state index >= 15 is 0 Å². The fourth-order valence-electron chi connectivity index (χ4n) is 2.40. The second-order valence-corrected chi connectivity index (χ2v) is 5.40. The zero-order valence-corrected chi connectivity index (χ0v) is 12.3. The Labute approximate surface area is 134 Å². The van der Waals surface area contributed by atoms with E-state index in [2.05, 4.69) is 17.9 Å². The summed E-state index contributed by atoms with van der Waals surface area (Å²) in [6, 6.07) is 5.42. The van der Waals surface area contributed by atoms with E-state index in [0.717, 1.165) is 24.4 Å². The van der Waals surface area contributed by atoms with Crippen LogP contribution in [0.5, 0.6) is 0 Å². The van der Waals surface area contributed by atoms with Crippen molar-refractivity contribution >= 4 is 24.1 Å². The number of amides is 1. The zero-order chi connectivity index (χ0) is 16.8. The van der Waals surface area contributed by atoms with Crippen LogP contribution in [0.1, 0.15) is 5.56 Å². The summed E-state index contributed by atoms with van der Waals surface area (Å²) in [4.78, 5) is 13.6. The van der Waals surface area contributed by atoms with Crippen LogP contribution in [-0.4, -0.2) is 22.5 Å². The van der Waals surface area contributed by atoms with Crippen LogP contribution in [0.4, 0.5) is 17.6 Å². The summed E-state index contributed by atoms with van der Waals surface area (Å²) in [5, 5.41) is 2.47. The second kappa shape index (κ2) is 5.45. The van der Waals surface area contributed by atoms with Gasteiger partial charge in [-0.3, -0.25) is 4.79 Å². The van der Waals surface area contributed by atoms with Crippen LogP contribution < -0.4 is 5.32 Å². The molecule has 2 aliphatic rings. The number of hydrogen-bond acceptors (Lipinski definition) is 3. The summed E-state index contributed by atoms with van der Waals surface area (Å²) >= 11 is 4.13. The maximum atomic E-state index is 14.0. The number of carbonyl (C=O) groups is 1. The van der Waals surface area contributed by atoms with Gasteiger partial charge >= 0.3 is 6.18 Å². The molecule has 0 aliphatic carbocycles. The number of halogens is 4. The highest BCUT2D eigenvalue weighted by molar-refractivity contribution is 7.80. The van der Waals surface area contributed by atoms with Crippen LogP contribution in [0.2, 0.25) is 0 Å². The van der Waals surface area contributed by atoms with Crippen molar-refractivity contribution in [2.24, 2.45) is 0 Å². The Bertz CT molecular complexity index is 767. The number of allylic oxidation sites excluding steroid dienone is 3. The maximum absolute atomic E-state index is 14.0. The van der Waals surface area contributed by atoms with Gasteiger partial charge in [0.05, 0.1) is 16.8 Å². The molecule has 1 unspecified atom stereocenters.